The highest BCUT2D eigenvalue weighted by Gasteiger charge is 2.29. The van der Waals surface area contributed by atoms with Crippen LogP contribution in [0.2, 0.25) is 0 Å². The standard InChI is InChI=1S/C63H106N2O10S/c1-62(2,3)74-58(69)44-43-54(61(71)75-63(4,5)6)65-60(70)52-41-39-51(40-42-52)59(64)55(66)45-46-76-48-53(73-57(68)38-30-20-16-12-8-10-14-18-24-32-50-35-27-22-28-36-50)47-72-56(67)37-29-19-15-11-7-9-13-17-23-31-49-33-25-21-26-34-49/h39-42,49-50,53-54,59H,7-38,43-48,64H2,1-6H3,(H,65,70). The third-order valence-corrected chi connectivity index (χ3v) is 16.0. The molecule has 13 heteroatoms. The fourth-order valence-electron chi connectivity index (χ4n) is 10.5. The van der Waals surface area contributed by atoms with Crippen LogP contribution in [0.5, 0.6) is 0 Å². The summed E-state index contributed by atoms with van der Waals surface area (Å²) in [5.74, 6) is 0.269. The second-order valence-corrected chi connectivity index (χ2v) is 25.5. The molecule has 0 radical (unpaired) electrons. The molecule has 3 atom stereocenters. The van der Waals surface area contributed by atoms with Crippen molar-refractivity contribution in [3.8, 4) is 0 Å². The first-order valence-corrected chi connectivity index (χ1v) is 31.6. The number of nitrogens with two attached hydrogens (primary N) is 1. The number of carbonyl (C=O) groups excluding carboxylic acids is 6. The van der Waals surface area contributed by atoms with E-state index in [1.54, 1.807) is 53.7 Å². The van der Waals surface area contributed by atoms with E-state index in [1.165, 1.54) is 178 Å². The Morgan fingerprint density at radius 3 is 1.51 bits per heavy atom. The third kappa shape index (κ3) is 33.1. The Bertz CT molecular complexity index is 1780. The Hall–Kier alpha value is -3.45. The number of nitrogens with one attached hydrogen (secondary N) is 1. The van der Waals surface area contributed by atoms with Gasteiger partial charge in [0.05, 0.1) is 6.04 Å². The molecule has 0 aromatic heterocycles. The zero-order chi connectivity index (χ0) is 55.4. The largest absolute Gasteiger partial charge is 0.462 e. The normalized spacial score (nSPS) is 15.8. The zero-order valence-electron chi connectivity index (χ0n) is 48.6. The van der Waals surface area contributed by atoms with Gasteiger partial charge >= 0.3 is 23.9 Å². The smallest absolute Gasteiger partial charge is 0.329 e. The number of thioether (sulfide) groups is 1. The molecule has 2 fully saturated rings. The molecular formula is C63H106N2O10S. The van der Waals surface area contributed by atoms with Gasteiger partial charge in [-0.1, -0.05) is 192 Å². The quantitative estimate of drug-likeness (QED) is 0.0362. The van der Waals surface area contributed by atoms with Gasteiger partial charge in [0, 0.05) is 42.8 Å². The van der Waals surface area contributed by atoms with Crippen LogP contribution in [0.15, 0.2) is 24.3 Å². The second-order valence-electron chi connectivity index (χ2n) is 24.3. The van der Waals surface area contributed by atoms with Crippen LogP contribution in [0.3, 0.4) is 0 Å². The number of carbonyl (C=O) groups is 6. The van der Waals surface area contributed by atoms with Crippen molar-refractivity contribution in [3.05, 3.63) is 35.4 Å². The van der Waals surface area contributed by atoms with E-state index >= 15 is 0 Å². The molecule has 0 aliphatic heterocycles. The number of hydrogen-bond donors (Lipinski definition) is 2. The Morgan fingerprint density at radius 2 is 1.03 bits per heavy atom. The summed E-state index contributed by atoms with van der Waals surface area (Å²) in [5.41, 5.74) is 5.66. The summed E-state index contributed by atoms with van der Waals surface area (Å²) in [7, 11) is 0. The number of rotatable bonds is 40. The number of Topliss-reactive ketones (excluding diaryl/α,β-unsaturated/α-hetero) is 1. The molecule has 1 aromatic carbocycles. The van der Waals surface area contributed by atoms with Gasteiger partial charge in [-0.2, -0.15) is 11.8 Å². The summed E-state index contributed by atoms with van der Waals surface area (Å²) in [6.45, 7) is 10.4. The molecule has 1 aromatic rings. The first kappa shape index (κ1) is 66.8. The molecular weight excluding hydrogens is 977 g/mol. The maximum Gasteiger partial charge on any atom is 0.329 e. The Kier molecular flexibility index (Phi) is 34.3. The van der Waals surface area contributed by atoms with Crippen molar-refractivity contribution in [2.24, 2.45) is 17.6 Å². The van der Waals surface area contributed by atoms with Crippen LogP contribution in [0.25, 0.3) is 0 Å². The Balaban J connectivity index is 1.40. The molecule has 12 nitrogen and oxygen atoms in total. The molecule has 1 amide bonds. The van der Waals surface area contributed by atoms with Crippen LogP contribution in [-0.2, 0) is 42.9 Å². The highest BCUT2D eigenvalue weighted by atomic mass is 32.2. The van der Waals surface area contributed by atoms with Crippen molar-refractivity contribution in [1.82, 2.24) is 5.32 Å². The van der Waals surface area contributed by atoms with E-state index in [0.29, 0.717) is 29.9 Å². The van der Waals surface area contributed by atoms with Crippen LogP contribution in [-0.4, -0.2) is 77.0 Å². The van der Waals surface area contributed by atoms with Gasteiger partial charge in [0.15, 0.2) is 5.78 Å². The molecule has 76 heavy (non-hydrogen) atoms. The van der Waals surface area contributed by atoms with Gasteiger partial charge in [0.1, 0.15) is 30.0 Å². The monoisotopic (exact) mass is 1080 g/mol. The fraction of sp³-hybridized carbons (Fsp3) is 0.810. The van der Waals surface area contributed by atoms with Crippen molar-refractivity contribution >= 4 is 47.3 Å². The highest BCUT2D eigenvalue weighted by molar-refractivity contribution is 7.99. The number of amides is 1. The lowest BCUT2D eigenvalue weighted by Crippen LogP contribution is -2.44. The molecule has 3 unspecified atom stereocenters. The Labute approximate surface area is 465 Å². The third-order valence-electron chi connectivity index (χ3n) is 14.9. The van der Waals surface area contributed by atoms with Crippen LogP contribution < -0.4 is 11.1 Å². The van der Waals surface area contributed by atoms with Gasteiger partial charge in [0.25, 0.3) is 5.91 Å². The van der Waals surface area contributed by atoms with Crippen molar-refractivity contribution in [1.29, 1.82) is 0 Å². The molecule has 434 valence electrons. The summed E-state index contributed by atoms with van der Waals surface area (Å²) in [6, 6.07) is 4.26. The van der Waals surface area contributed by atoms with Crippen LogP contribution in [0, 0.1) is 11.8 Å². The number of benzene rings is 1. The number of ketones is 1. The minimum atomic E-state index is -1.10. The molecule has 3 rings (SSSR count). The van der Waals surface area contributed by atoms with Crippen molar-refractivity contribution in [2.45, 2.75) is 296 Å². The van der Waals surface area contributed by atoms with E-state index < -0.39 is 47.2 Å². The molecule has 0 saturated heterocycles. The highest BCUT2D eigenvalue weighted by Crippen LogP contribution is 2.30. The number of hydrogen-bond acceptors (Lipinski definition) is 12. The minimum absolute atomic E-state index is 0.0141. The Morgan fingerprint density at radius 1 is 0.566 bits per heavy atom. The fourth-order valence-corrected chi connectivity index (χ4v) is 11.5. The van der Waals surface area contributed by atoms with E-state index in [-0.39, 0.29) is 49.2 Å². The SMILES string of the molecule is CC(C)(C)OC(=O)CCC(NC(=O)c1ccc(C(N)C(=O)CCSCC(COC(=O)CCCCCCCCCCCC2CCCCC2)OC(=O)CCCCCCCCCCCC2CCCCC2)cc1)C(=O)OC(C)(C)C. The average Bonchev–Trinajstić information content (AvgIpc) is 3.38. The van der Waals surface area contributed by atoms with Crippen LogP contribution >= 0.6 is 11.8 Å². The van der Waals surface area contributed by atoms with E-state index in [4.69, 9.17) is 24.7 Å². The van der Waals surface area contributed by atoms with Gasteiger partial charge in [-0.25, -0.2) is 4.79 Å². The van der Waals surface area contributed by atoms with Gasteiger partial charge < -0.3 is 30.0 Å². The number of esters is 4. The molecule has 2 saturated carbocycles. The molecule has 3 N–H and O–H groups in total. The molecule has 2 aliphatic carbocycles. The van der Waals surface area contributed by atoms with Gasteiger partial charge in [-0.05, 0) is 90.3 Å². The number of ether oxygens (including phenoxy) is 4. The van der Waals surface area contributed by atoms with Crippen molar-refractivity contribution in [3.63, 3.8) is 0 Å². The van der Waals surface area contributed by atoms with Crippen LogP contribution in [0.1, 0.15) is 288 Å². The average molecular weight is 1080 g/mol. The summed E-state index contributed by atoms with van der Waals surface area (Å²) < 4.78 is 22.5. The summed E-state index contributed by atoms with van der Waals surface area (Å²) in [4.78, 5) is 78.0. The van der Waals surface area contributed by atoms with E-state index in [9.17, 15) is 28.8 Å². The lowest BCUT2D eigenvalue weighted by Gasteiger charge is -2.25. The van der Waals surface area contributed by atoms with E-state index in [2.05, 4.69) is 5.32 Å². The molecule has 0 bridgehead atoms. The lowest BCUT2D eigenvalue weighted by molar-refractivity contribution is -0.158. The summed E-state index contributed by atoms with van der Waals surface area (Å²) in [5, 5.41) is 2.70. The second kappa shape index (κ2) is 39.0. The van der Waals surface area contributed by atoms with Gasteiger partial charge in [0.2, 0.25) is 0 Å². The van der Waals surface area contributed by atoms with Gasteiger partial charge in [-0.3, -0.25) is 24.0 Å². The topological polar surface area (TPSA) is 177 Å². The number of unbranched alkanes of at least 4 members (excludes halogenated alkanes) is 16. The maximum absolute atomic E-state index is 13.3. The zero-order valence-corrected chi connectivity index (χ0v) is 49.5. The van der Waals surface area contributed by atoms with E-state index in [0.717, 1.165) is 50.4 Å². The molecule has 2 aliphatic rings. The van der Waals surface area contributed by atoms with E-state index in [1.807, 2.05) is 0 Å². The first-order valence-electron chi connectivity index (χ1n) is 30.4. The lowest BCUT2D eigenvalue weighted by atomic mass is 9.85. The van der Waals surface area contributed by atoms with Crippen LogP contribution in [0.4, 0.5) is 0 Å². The van der Waals surface area contributed by atoms with Crippen molar-refractivity contribution in [2.75, 3.05) is 18.1 Å². The predicted molar refractivity (Wildman–Crippen MR) is 308 cm³/mol. The van der Waals surface area contributed by atoms with Gasteiger partial charge in [-0.15, -0.1) is 0 Å². The summed E-state index contributed by atoms with van der Waals surface area (Å²) >= 11 is 1.45. The minimum Gasteiger partial charge on any atom is -0.462 e. The van der Waals surface area contributed by atoms with Crippen molar-refractivity contribution < 1.29 is 47.7 Å². The summed E-state index contributed by atoms with van der Waals surface area (Å²) in [6.07, 6.45) is 38.6. The molecule has 0 spiro atoms. The predicted octanol–water partition coefficient (Wildman–Crippen LogP) is 15.1. The first-order chi connectivity index (χ1) is 36.4. The maximum atomic E-state index is 13.3. The molecule has 0 heterocycles.